The van der Waals surface area contributed by atoms with Crippen molar-refractivity contribution in [3.8, 4) is 0 Å². The molecule has 5 heteroatoms. The van der Waals surface area contributed by atoms with Gasteiger partial charge < -0.3 is 15.2 Å². The maximum absolute atomic E-state index is 12.3. The van der Waals surface area contributed by atoms with Crippen molar-refractivity contribution in [2.75, 3.05) is 13.7 Å². The molecule has 5 nitrogen and oxygen atoms in total. The topological polar surface area (TPSA) is 78.6 Å². The molecule has 0 unspecified atom stereocenters. The van der Waals surface area contributed by atoms with Gasteiger partial charge in [0, 0.05) is 5.54 Å². The molecule has 0 saturated heterocycles. The summed E-state index contributed by atoms with van der Waals surface area (Å²) in [5, 5.41) is 0. The van der Waals surface area contributed by atoms with Gasteiger partial charge in [0.2, 0.25) is 0 Å². The first kappa shape index (κ1) is 19.2. The van der Waals surface area contributed by atoms with Gasteiger partial charge >= 0.3 is 11.9 Å². The van der Waals surface area contributed by atoms with E-state index in [-0.39, 0.29) is 16.7 Å². The van der Waals surface area contributed by atoms with Gasteiger partial charge in [-0.05, 0) is 50.8 Å². The molecule has 0 spiro atoms. The normalized spacial score (nSPS) is 11.2. The van der Waals surface area contributed by atoms with Crippen LogP contribution in [0.3, 0.4) is 0 Å². The average Bonchev–Trinajstić information content (AvgIpc) is 2.51. The van der Waals surface area contributed by atoms with Gasteiger partial charge in [-0.15, -0.1) is 0 Å². The summed E-state index contributed by atoms with van der Waals surface area (Å²) >= 11 is 0. The molecule has 0 aliphatic carbocycles. The van der Waals surface area contributed by atoms with Crippen molar-refractivity contribution in [1.82, 2.24) is 0 Å². The predicted octanol–water partition coefficient (Wildman–Crippen LogP) is 3.10. The van der Waals surface area contributed by atoms with Crippen LogP contribution in [0.4, 0.5) is 0 Å². The van der Waals surface area contributed by atoms with E-state index >= 15 is 0 Å². The zero-order valence-electron chi connectivity index (χ0n) is 14.5. The van der Waals surface area contributed by atoms with Gasteiger partial charge in [-0.3, -0.25) is 0 Å². The number of carbonyl (C=O) groups excluding carboxylic acids is 2. The van der Waals surface area contributed by atoms with E-state index in [1.807, 2.05) is 26.8 Å². The first-order chi connectivity index (χ1) is 10.8. The minimum Gasteiger partial charge on any atom is -0.465 e. The van der Waals surface area contributed by atoms with Crippen LogP contribution in [0.5, 0.6) is 0 Å². The zero-order chi connectivity index (χ0) is 17.5. The Bertz CT molecular complexity index is 546. The van der Waals surface area contributed by atoms with E-state index in [0.29, 0.717) is 6.61 Å². The lowest BCUT2D eigenvalue weighted by atomic mass is 9.94. The molecular weight excluding hydrogens is 294 g/mol. The van der Waals surface area contributed by atoms with Crippen LogP contribution >= 0.6 is 0 Å². The molecule has 1 aromatic carbocycles. The van der Waals surface area contributed by atoms with Crippen molar-refractivity contribution in [2.24, 2.45) is 5.73 Å². The van der Waals surface area contributed by atoms with Crippen molar-refractivity contribution >= 4 is 11.9 Å². The second-order valence-corrected chi connectivity index (χ2v) is 6.35. The molecule has 0 aromatic heterocycles. The van der Waals surface area contributed by atoms with E-state index in [1.165, 1.54) is 7.11 Å². The molecule has 23 heavy (non-hydrogen) atoms. The van der Waals surface area contributed by atoms with E-state index in [0.717, 1.165) is 31.2 Å². The lowest BCUT2D eigenvalue weighted by Gasteiger charge is -2.18. The number of unbranched alkanes of at least 4 members (excludes halogenated alkanes) is 1. The quantitative estimate of drug-likeness (QED) is 0.588. The molecule has 0 amide bonds. The van der Waals surface area contributed by atoms with Crippen molar-refractivity contribution < 1.29 is 19.1 Å². The van der Waals surface area contributed by atoms with Crippen LogP contribution < -0.4 is 5.73 Å². The van der Waals surface area contributed by atoms with Crippen LogP contribution in [-0.4, -0.2) is 31.2 Å². The molecular formula is C18H27NO4. The number of carbonyl (C=O) groups is 2. The Kier molecular flexibility index (Phi) is 7.23. The van der Waals surface area contributed by atoms with Gasteiger partial charge in [0.25, 0.3) is 0 Å². The number of aryl methyl sites for hydroxylation is 1. The zero-order valence-corrected chi connectivity index (χ0v) is 14.5. The Morgan fingerprint density at radius 2 is 1.87 bits per heavy atom. The number of nitrogens with two attached hydrogens (primary N) is 1. The van der Waals surface area contributed by atoms with Crippen LogP contribution in [0.2, 0.25) is 0 Å². The summed E-state index contributed by atoms with van der Waals surface area (Å²) in [5.74, 6) is -1.04. The number of methoxy groups -OCH3 is 1. The molecule has 0 heterocycles. The van der Waals surface area contributed by atoms with E-state index in [4.69, 9.17) is 15.2 Å². The Balaban J connectivity index is 3.00. The second-order valence-electron chi connectivity index (χ2n) is 6.35. The number of benzene rings is 1. The van der Waals surface area contributed by atoms with E-state index in [1.54, 1.807) is 12.1 Å². The molecule has 0 atom stereocenters. The molecule has 2 N–H and O–H groups in total. The minimum absolute atomic E-state index is 0.227. The molecule has 0 fully saturated rings. The summed E-state index contributed by atoms with van der Waals surface area (Å²) in [7, 11) is 1.29. The SMILES string of the molecule is CCCCOC(=O)c1cc(CCC(C)(C)N)ccc1C(=O)OC. The molecule has 128 valence electrons. The fraction of sp³-hybridized carbons (Fsp3) is 0.556. The van der Waals surface area contributed by atoms with Gasteiger partial charge in [0.15, 0.2) is 0 Å². The molecule has 1 aromatic rings. The highest BCUT2D eigenvalue weighted by atomic mass is 16.5. The van der Waals surface area contributed by atoms with Gasteiger partial charge in [-0.1, -0.05) is 19.4 Å². The van der Waals surface area contributed by atoms with Crippen LogP contribution in [0.15, 0.2) is 18.2 Å². The fourth-order valence-corrected chi connectivity index (χ4v) is 2.06. The van der Waals surface area contributed by atoms with Crippen molar-refractivity contribution in [3.63, 3.8) is 0 Å². The van der Waals surface area contributed by atoms with Crippen LogP contribution in [-0.2, 0) is 15.9 Å². The maximum Gasteiger partial charge on any atom is 0.339 e. The minimum atomic E-state index is -0.543. The van der Waals surface area contributed by atoms with Crippen LogP contribution in [0.1, 0.15) is 66.3 Å². The molecule has 0 radical (unpaired) electrons. The van der Waals surface area contributed by atoms with Crippen LogP contribution in [0.25, 0.3) is 0 Å². The highest BCUT2D eigenvalue weighted by molar-refractivity contribution is 6.03. The largest absolute Gasteiger partial charge is 0.465 e. The molecule has 0 aliphatic heterocycles. The molecule has 0 bridgehead atoms. The number of rotatable bonds is 8. The first-order valence-corrected chi connectivity index (χ1v) is 7.95. The van der Waals surface area contributed by atoms with Gasteiger partial charge in [-0.25, -0.2) is 9.59 Å². The summed E-state index contributed by atoms with van der Waals surface area (Å²) in [5.41, 5.74) is 7.13. The van der Waals surface area contributed by atoms with Crippen molar-refractivity contribution in [1.29, 1.82) is 0 Å². The third-order valence-corrected chi connectivity index (χ3v) is 3.50. The Hall–Kier alpha value is -1.88. The Labute approximate surface area is 138 Å². The Morgan fingerprint density at radius 1 is 1.17 bits per heavy atom. The molecule has 1 rings (SSSR count). The summed E-state index contributed by atoms with van der Waals surface area (Å²) in [6.45, 7) is 6.27. The summed E-state index contributed by atoms with van der Waals surface area (Å²) < 4.78 is 9.97. The second kappa shape index (κ2) is 8.67. The summed E-state index contributed by atoms with van der Waals surface area (Å²) in [6, 6.07) is 5.13. The number of ether oxygens (including phenoxy) is 2. The van der Waals surface area contributed by atoms with Crippen molar-refractivity contribution in [3.05, 3.63) is 34.9 Å². The lowest BCUT2D eigenvalue weighted by Crippen LogP contribution is -2.32. The summed E-state index contributed by atoms with van der Waals surface area (Å²) in [4.78, 5) is 24.1. The highest BCUT2D eigenvalue weighted by Gasteiger charge is 2.20. The van der Waals surface area contributed by atoms with Crippen LogP contribution in [0, 0.1) is 0 Å². The third-order valence-electron chi connectivity index (χ3n) is 3.50. The van der Waals surface area contributed by atoms with Gasteiger partial charge in [-0.2, -0.15) is 0 Å². The van der Waals surface area contributed by atoms with Crippen molar-refractivity contribution in [2.45, 2.75) is 52.0 Å². The number of hydrogen-bond donors (Lipinski definition) is 1. The van der Waals surface area contributed by atoms with E-state index in [2.05, 4.69) is 0 Å². The van der Waals surface area contributed by atoms with E-state index < -0.39 is 11.9 Å². The molecule has 0 aliphatic rings. The average molecular weight is 321 g/mol. The summed E-state index contributed by atoms with van der Waals surface area (Å²) in [6.07, 6.45) is 3.22. The predicted molar refractivity (Wildman–Crippen MR) is 89.6 cm³/mol. The smallest absolute Gasteiger partial charge is 0.339 e. The molecule has 0 saturated carbocycles. The number of esters is 2. The highest BCUT2D eigenvalue weighted by Crippen LogP contribution is 2.18. The Morgan fingerprint density at radius 3 is 2.43 bits per heavy atom. The lowest BCUT2D eigenvalue weighted by molar-refractivity contribution is 0.0481. The first-order valence-electron chi connectivity index (χ1n) is 7.95. The maximum atomic E-state index is 12.3. The van der Waals surface area contributed by atoms with Gasteiger partial charge in [0.05, 0.1) is 24.8 Å². The fourth-order valence-electron chi connectivity index (χ4n) is 2.06. The van der Waals surface area contributed by atoms with Gasteiger partial charge in [0.1, 0.15) is 0 Å². The standard InChI is InChI=1S/C18H27NO4/c1-5-6-11-23-17(21)15-12-13(9-10-18(2,3)19)7-8-14(15)16(20)22-4/h7-8,12H,5-6,9-11,19H2,1-4H3. The van der Waals surface area contributed by atoms with E-state index in [9.17, 15) is 9.59 Å². The third kappa shape index (κ3) is 6.40. The monoisotopic (exact) mass is 321 g/mol. The number of hydrogen-bond acceptors (Lipinski definition) is 5.